The molecule has 1 aliphatic heterocycles. The molecule has 0 unspecified atom stereocenters. The molecule has 0 radical (unpaired) electrons. The molecule has 1 aliphatic rings. The Kier molecular flexibility index (Phi) is 3.84. The summed E-state index contributed by atoms with van der Waals surface area (Å²) in [4.78, 5) is 25.6. The van der Waals surface area contributed by atoms with Crippen molar-refractivity contribution in [1.82, 2.24) is 9.47 Å². The molecule has 3 rings (SSSR count). The molecule has 9 heteroatoms. The standard InChI is InChI=1S/C15H16N2O6S/c1-16-6-5-10-11-7-9(24(20,21)22)3-4-12(11)17(8-13(18)23-2)14(10)15(16)19/h3-4,7H,5-6,8H2,1-2H3,(H,20,21,22). The maximum Gasteiger partial charge on any atom is 0.325 e. The van der Waals surface area contributed by atoms with E-state index in [9.17, 15) is 22.6 Å². The second kappa shape index (κ2) is 5.60. The summed E-state index contributed by atoms with van der Waals surface area (Å²) in [6.07, 6.45) is 0.525. The number of benzene rings is 1. The maximum absolute atomic E-state index is 12.5. The highest BCUT2D eigenvalue weighted by atomic mass is 32.2. The van der Waals surface area contributed by atoms with Gasteiger partial charge in [-0.05, 0) is 30.2 Å². The molecule has 0 aliphatic carbocycles. The minimum atomic E-state index is -4.36. The topological polar surface area (TPSA) is 106 Å². The van der Waals surface area contributed by atoms with Crippen LogP contribution in [-0.4, -0.2) is 55.0 Å². The van der Waals surface area contributed by atoms with Gasteiger partial charge in [-0.25, -0.2) is 0 Å². The minimum absolute atomic E-state index is 0.160. The molecule has 1 aromatic carbocycles. The molecule has 1 amide bonds. The summed E-state index contributed by atoms with van der Waals surface area (Å²) in [7, 11) is -1.44. The lowest BCUT2D eigenvalue weighted by atomic mass is 10.0. The molecule has 128 valence electrons. The average Bonchev–Trinajstić information content (AvgIpc) is 2.84. The van der Waals surface area contributed by atoms with Crippen molar-refractivity contribution in [1.29, 1.82) is 0 Å². The predicted molar refractivity (Wildman–Crippen MR) is 84.4 cm³/mol. The van der Waals surface area contributed by atoms with Crippen LogP contribution in [0.5, 0.6) is 0 Å². The first-order chi connectivity index (χ1) is 11.2. The number of amides is 1. The van der Waals surface area contributed by atoms with E-state index in [1.165, 1.54) is 29.9 Å². The summed E-state index contributed by atoms with van der Waals surface area (Å²) in [5.41, 5.74) is 1.56. The molecule has 0 bridgehead atoms. The fraction of sp³-hybridized carbons (Fsp3) is 0.333. The highest BCUT2D eigenvalue weighted by Gasteiger charge is 2.30. The van der Waals surface area contributed by atoms with Gasteiger partial charge in [0.25, 0.3) is 16.0 Å². The number of likely N-dealkylation sites (N-methyl/N-ethyl adjacent to an activating group) is 1. The zero-order valence-corrected chi connectivity index (χ0v) is 14.0. The van der Waals surface area contributed by atoms with Crippen molar-refractivity contribution >= 4 is 32.9 Å². The van der Waals surface area contributed by atoms with E-state index in [4.69, 9.17) is 0 Å². The molecule has 1 N–H and O–H groups in total. The zero-order valence-electron chi connectivity index (χ0n) is 13.1. The van der Waals surface area contributed by atoms with Crippen LogP contribution in [0.15, 0.2) is 23.1 Å². The second-order valence-electron chi connectivity index (χ2n) is 5.62. The number of carbonyl (C=O) groups is 2. The zero-order chi connectivity index (χ0) is 17.6. The molecule has 0 saturated carbocycles. The van der Waals surface area contributed by atoms with Gasteiger partial charge in [-0.3, -0.25) is 14.1 Å². The highest BCUT2D eigenvalue weighted by molar-refractivity contribution is 7.85. The molecule has 2 heterocycles. The predicted octanol–water partition coefficient (Wildman–Crippen LogP) is 0.689. The Morgan fingerprint density at radius 1 is 1.38 bits per heavy atom. The van der Waals surface area contributed by atoms with Crippen molar-refractivity contribution in [2.45, 2.75) is 17.9 Å². The average molecular weight is 352 g/mol. The van der Waals surface area contributed by atoms with Crippen LogP contribution in [0.25, 0.3) is 10.9 Å². The third-order valence-corrected chi connectivity index (χ3v) is 5.05. The Bertz CT molecular complexity index is 960. The number of ether oxygens (including phenoxy) is 1. The van der Waals surface area contributed by atoms with Gasteiger partial charge in [-0.15, -0.1) is 0 Å². The van der Waals surface area contributed by atoms with E-state index in [2.05, 4.69) is 4.74 Å². The van der Waals surface area contributed by atoms with E-state index < -0.39 is 16.1 Å². The van der Waals surface area contributed by atoms with E-state index in [-0.39, 0.29) is 17.3 Å². The lowest BCUT2D eigenvalue weighted by Gasteiger charge is -2.24. The molecular weight excluding hydrogens is 336 g/mol. The van der Waals surface area contributed by atoms with Crippen LogP contribution in [-0.2, 0) is 32.6 Å². The lowest BCUT2D eigenvalue weighted by Crippen LogP contribution is -2.36. The van der Waals surface area contributed by atoms with E-state index in [0.29, 0.717) is 35.1 Å². The number of hydrogen-bond donors (Lipinski definition) is 1. The first-order valence-corrected chi connectivity index (χ1v) is 8.63. The summed E-state index contributed by atoms with van der Waals surface area (Å²) < 4.78 is 38.2. The number of fused-ring (bicyclic) bond motifs is 3. The summed E-state index contributed by atoms with van der Waals surface area (Å²) >= 11 is 0. The molecule has 0 atom stereocenters. The molecule has 0 saturated heterocycles. The van der Waals surface area contributed by atoms with Gasteiger partial charge in [0, 0.05) is 24.5 Å². The van der Waals surface area contributed by atoms with Crippen molar-refractivity contribution in [3.05, 3.63) is 29.5 Å². The van der Waals surface area contributed by atoms with E-state index in [1.807, 2.05) is 0 Å². The van der Waals surface area contributed by atoms with Crippen LogP contribution >= 0.6 is 0 Å². The summed E-state index contributed by atoms with van der Waals surface area (Å²) in [6.45, 7) is 0.326. The van der Waals surface area contributed by atoms with E-state index in [0.717, 1.165) is 0 Å². The summed E-state index contributed by atoms with van der Waals surface area (Å²) in [5.74, 6) is -0.764. The van der Waals surface area contributed by atoms with Crippen molar-refractivity contribution in [2.75, 3.05) is 20.7 Å². The summed E-state index contributed by atoms with van der Waals surface area (Å²) in [5, 5.41) is 0.533. The molecule has 0 fully saturated rings. The largest absolute Gasteiger partial charge is 0.468 e. The normalized spacial score (nSPS) is 14.8. The molecule has 2 aromatic rings. The van der Waals surface area contributed by atoms with Gasteiger partial charge in [0.1, 0.15) is 12.2 Å². The Balaban J connectivity index is 2.32. The van der Waals surface area contributed by atoms with Crippen molar-refractivity contribution in [2.24, 2.45) is 0 Å². The fourth-order valence-electron chi connectivity index (χ4n) is 2.98. The van der Waals surface area contributed by atoms with Crippen molar-refractivity contribution in [3.8, 4) is 0 Å². The molecular formula is C15H16N2O6S. The number of hydrogen-bond acceptors (Lipinski definition) is 5. The monoisotopic (exact) mass is 352 g/mol. The third kappa shape index (κ3) is 2.55. The number of esters is 1. The maximum atomic E-state index is 12.5. The lowest BCUT2D eigenvalue weighted by molar-refractivity contribution is -0.141. The van der Waals surface area contributed by atoms with Crippen LogP contribution in [0.1, 0.15) is 16.1 Å². The Morgan fingerprint density at radius 3 is 2.71 bits per heavy atom. The Labute approximate surface area is 138 Å². The summed E-state index contributed by atoms with van der Waals surface area (Å²) in [6, 6.07) is 4.05. The minimum Gasteiger partial charge on any atom is -0.468 e. The third-order valence-electron chi connectivity index (χ3n) is 4.20. The number of rotatable bonds is 3. The second-order valence-corrected chi connectivity index (χ2v) is 7.04. The Hall–Kier alpha value is -2.39. The van der Waals surface area contributed by atoms with E-state index >= 15 is 0 Å². The molecule has 8 nitrogen and oxygen atoms in total. The Morgan fingerprint density at radius 2 is 2.08 bits per heavy atom. The van der Waals surface area contributed by atoms with E-state index in [1.54, 1.807) is 11.9 Å². The van der Waals surface area contributed by atoms with Crippen LogP contribution in [0, 0.1) is 0 Å². The fourth-order valence-corrected chi connectivity index (χ4v) is 3.49. The van der Waals surface area contributed by atoms with Crippen molar-refractivity contribution < 1.29 is 27.3 Å². The number of nitrogens with zero attached hydrogens (tertiary/aromatic N) is 2. The number of carbonyl (C=O) groups excluding carboxylic acids is 2. The molecule has 1 aromatic heterocycles. The molecule has 24 heavy (non-hydrogen) atoms. The van der Waals surface area contributed by atoms with Gasteiger partial charge in [-0.2, -0.15) is 8.42 Å². The van der Waals surface area contributed by atoms with Gasteiger partial charge < -0.3 is 14.2 Å². The highest BCUT2D eigenvalue weighted by Crippen LogP contribution is 2.32. The van der Waals surface area contributed by atoms with Gasteiger partial charge in [0.05, 0.1) is 12.0 Å². The first-order valence-electron chi connectivity index (χ1n) is 7.19. The van der Waals surface area contributed by atoms with Gasteiger partial charge >= 0.3 is 5.97 Å². The smallest absolute Gasteiger partial charge is 0.325 e. The molecule has 0 spiro atoms. The van der Waals surface area contributed by atoms with Crippen LogP contribution in [0.4, 0.5) is 0 Å². The van der Waals surface area contributed by atoms with Gasteiger partial charge in [-0.1, -0.05) is 0 Å². The van der Waals surface area contributed by atoms with Crippen LogP contribution in [0.2, 0.25) is 0 Å². The van der Waals surface area contributed by atoms with Gasteiger partial charge in [0.2, 0.25) is 0 Å². The quantitative estimate of drug-likeness (QED) is 0.643. The van der Waals surface area contributed by atoms with Crippen LogP contribution < -0.4 is 0 Å². The van der Waals surface area contributed by atoms with Gasteiger partial charge in [0.15, 0.2) is 0 Å². The number of aromatic nitrogens is 1. The first kappa shape index (κ1) is 16.5. The number of methoxy groups -OCH3 is 1. The SMILES string of the molecule is COC(=O)Cn1c2c(c3cc(S(=O)(=O)O)ccc31)CCN(C)C2=O. The van der Waals surface area contributed by atoms with Crippen molar-refractivity contribution in [3.63, 3.8) is 0 Å². The van der Waals surface area contributed by atoms with Crippen LogP contribution in [0.3, 0.4) is 0 Å².